The van der Waals surface area contributed by atoms with E-state index in [1.165, 1.54) is 0 Å². The second kappa shape index (κ2) is 6.71. The summed E-state index contributed by atoms with van der Waals surface area (Å²) in [5, 5.41) is 8.25. The van der Waals surface area contributed by atoms with Gasteiger partial charge in [-0.1, -0.05) is 18.2 Å². The zero-order valence-electron chi connectivity index (χ0n) is 9.19. The van der Waals surface area contributed by atoms with Crippen molar-refractivity contribution in [2.45, 2.75) is 25.7 Å². The van der Waals surface area contributed by atoms with Crippen LogP contribution in [0, 0.1) is 0 Å². The summed E-state index contributed by atoms with van der Waals surface area (Å²) in [5.41, 5.74) is 7.78. The van der Waals surface area contributed by atoms with Crippen LogP contribution in [0.5, 0.6) is 0 Å². The summed E-state index contributed by atoms with van der Waals surface area (Å²) < 4.78 is 4.41. The third-order valence-corrected chi connectivity index (χ3v) is 2.37. The molecule has 0 saturated carbocycles. The molecule has 0 atom stereocenters. The fourth-order valence-electron chi connectivity index (χ4n) is 1.52. The lowest BCUT2D eigenvalue weighted by molar-refractivity contribution is 0.0900. The van der Waals surface area contributed by atoms with Crippen LogP contribution < -0.4 is 5.73 Å². The van der Waals surface area contributed by atoms with Gasteiger partial charge in [0, 0.05) is 5.69 Å². The number of hydrogen-bond acceptors (Lipinski definition) is 3. The number of hydrogen-bond donors (Lipinski definition) is 2. The fourth-order valence-corrected chi connectivity index (χ4v) is 1.52. The molecule has 0 bridgehead atoms. The Balaban J connectivity index is 2.12. The van der Waals surface area contributed by atoms with Crippen LogP contribution >= 0.6 is 0 Å². The zero-order chi connectivity index (χ0) is 11.8. The summed E-state index contributed by atoms with van der Waals surface area (Å²) >= 11 is 0. The number of ether oxygens (including phenoxy) is 1. The number of nitrogen functional groups attached to an aromatic ring is 1. The zero-order valence-corrected chi connectivity index (χ0v) is 9.19. The van der Waals surface area contributed by atoms with E-state index in [1.54, 1.807) is 0 Å². The minimum atomic E-state index is -1.20. The van der Waals surface area contributed by atoms with Gasteiger partial charge in [-0.2, -0.15) is 0 Å². The van der Waals surface area contributed by atoms with E-state index in [1.807, 2.05) is 24.3 Å². The molecule has 0 saturated heterocycles. The molecule has 3 N–H and O–H groups in total. The molecule has 1 aromatic carbocycles. The van der Waals surface area contributed by atoms with Gasteiger partial charge < -0.3 is 15.6 Å². The van der Waals surface area contributed by atoms with Crippen LogP contribution in [-0.4, -0.2) is 17.9 Å². The summed E-state index contributed by atoms with van der Waals surface area (Å²) in [6.45, 7) is 0.277. The number of carboxylic acid groups (broad SMARTS) is 1. The van der Waals surface area contributed by atoms with E-state index >= 15 is 0 Å². The van der Waals surface area contributed by atoms with Crippen molar-refractivity contribution in [3.05, 3.63) is 29.8 Å². The molecule has 0 heterocycles. The van der Waals surface area contributed by atoms with E-state index in [9.17, 15) is 4.79 Å². The number of rotatable bonds is 6. The molecule has 4 nitrogen and oxygen atoms in total. The number of benzene rings is 1. The fraction of sp³-hybridized carbons (Fsp3) is 0.417. The molecule has 0 aliphatic heterocycles. The lowest BCUT2D eigenvalue weighted by Gasteiger charge is -2.04. The highest BCUT2D eigenvalue weighted by atomic mass is 16.7. The Labute approximate surface area is 95.0 Å². The van der Waals surface area contributed by atoms with Gasteiger partial charge in [-0.15, -0.1) is 0 Å². The molecule has 1 rings (SSSR count). The van der Waals surface area contributed by atoms with E-state index in [2.05, 4.69) is 4.74 Å². The third-order valence-electron chi connectivity index (χ3n) is 2.37. The number of nitrogens with two attached hydrogens (primary N) is 1. The Morgan fingerprint density at radius 1 is 1.25 bits per heavy atom. The lowest BCUT2D eigenvalue weighted by Crippen LogP contribution is -2.01. The van der Waals surface area contributed by atoms with Gasteiger partial charge in [0.25, 0.3) is 0 Å². The average Bonchev–Trinajstić information content (AvgIpc) is 2.25. The molecule has 0 aliphatic rings. The lowest BCUT2D eigenvalue weighted by atomic mass is 10.1. The van der Waals surface area contributed by atoms with Crippen molar-refractivity contribution in [3.63, 3.8) is 0 Å². The molecular weight excluding hydrogens is 206 g/mol. The van der Waals surface area contributed by atoms with Crippen LogP contribution in [0.4, 0.5) is 10.5 Å². The van der Waals surface area contributed by atoms with Gasteiger partial charge >= 0.3 is 6.16 Å². The van der Waals surface area contributed by atoms with Gasteiger partial charge in [0.05, 0.1) is 6.61 Å². The highest BCUT2D eigenvalue weighted by Crippen LogP contribution is 2.14. The van der Waals surface area contributed by atoms with Gasteiger partial charge in [0.15, 0.2) is 0 Å². The summed E-state index contributed by atoms with van der Waals surface area (Å²) in [6.07, 6.45) is 2.43. The quantitative estimate of drug-likeness (QED) is 0.442. The van der Waals surface area contributed by atoms with Gasteiger partial charge in [0.2, 0.25) is 0 Å². The minimum absolute atomic E-state index is 0.277. The molecule has 0 fully saturated rings. The number of anilines is 1. The van der Waals surface area contributed by atoms with Gasteiger partial charge in [0.1, 0.15) is 0 Å². The Morgan fingerprint density at radius 2 is 2.00 bits per heavy atom. The van der Waals surface area contributed by atoms with Crippen LogP contribution in [0.25, 0.3) is 0 Å². The first-order valence-electron chi connectivity index (χ1n) is 5.39. The van der Waals surface area contributed by atoms with E-state index in [4.69, 9.17) is 10.8 Å². The van der Waals surface area contributed by atoms with E-state index in [0.717, 1.165) is 36.9 Å². The number of para-hydroxylation sites is 1. The van der Waals surface area contributed by atoms with Crippen molar-refractivity contribution in [1.29, 1.82) is 0 Å². The van der Waals surface area contributed by atoms with Crippen molar-refractivity contribution in [1.82, 2.24) is 0 Å². The Kier molecular flexibility index (Phi) is 5.19. The summed E-state index contributed by atoms with van der Waals surface area (Å²) in [5.74, 6) is 0. The largest absolute Gasteiger partial charge is 0.505 e. The third kappa shape index (κ3) is 4.68. The molecule has 88 valence electrons. The molecule has 16 heavy (non-hydrogen) atoms. The number of carbonyl (C=O) groups is 1. The van der Waals surface area contributed by atoms with Crippen LogP contribution in [0.2, 0.25) is 0 Å². The monoisotopic (exact) mass is 223 g/mol. The van der Waals surface area contributed by atoms with Crippen molar-refractivity contribution in [3.8, 4) is 0 Å². The summed E-state index contributed by atoms with van der Waals surface area (Å²) in [4.78, 5) is 10.1. The maximum atomic E-state index is 10.1. The molecule has 4 heteroatoms. The van der Waals surface area contributed by atoms with Crippen LogP contribution in [0.3, 0.4) is 0 Å². The van der Waals surface area contributed by atoms with Gasteiger partial charge in [-0.3, -0.25) is 0 Å². The highest BCUT2D eigenvalue weighted by Gasteiger charge is 1.99. The topological polar surface area (TPSA) is 72.5 Å². The van der Waals surface area contributed by atoms with Crippen LogP contribution in [-0.2, 0) is 11.2 Å². The van der Waals surface area contributed by atoms with Crippen molar-refractivity contribution in [2.24, 2.45) is 0 Å². The summed E-state index contributed by atoms with van der Waals surface area (Å²) in [6, 6.07) is 7.80. The van der Waals surface area contributed by atoms with Crippen LogP contribution in [0.15, 0.2) is 24.3 Å². The second-order valence-corrected chi connectivity index (χ2v) is 3.62. The van der Waals surface area contributed by atoms with E-state index < -0.39 is 6.16 Å². The molecule has 0 unspecified atom stereocenters. The average molecular weight is 223 g/mol. The van der Waals surface area contributed by atoms with Crippen molar-refractivity contribution >= 4 is 11.8 Å². The van der Waals surface area contributed by atoms with E-state index in [-0.39, 0.29) is 6.61 Å². The molecule has 0 radical (unpaired) electrons. The standard InChI is InChI=1S/C12H17NO3/c13-11-8-4-3-7-10(11)6-2-1-5-9-16-12(14)15/h3-4,7-8H,1-2,5-6,9,13H2,(H,14,15). The summed E-state index contributed by atoms with van der Waals surface area (Å²) in [7, 11) is 0. The maximum Gasteiger partial charge on any atom is 0.505 e. The Hall–Kier alpha value is -1.71. The van der Waals surface area contributed by atoms with E-state index in [0.29, 0.717) is 0 Å². The molecule has 0 aliphatic carbocycles. The normalized spacial score (nSPS) is 10.0. The molecule has 0 aromatic heterocycles. The highest BCUT2D eigenvalue weighted by molar-refractivity contribution is 5.56. The second-order valence-electron chi connectivity index (χ2n) is 3.62. The number of unbranched alkanes of at least 4 members (excludes halogenated alkanes) is 2. The molecule has 1 aromatic rings. The Bertz CT molecular complexity index is 339. The SMILES string of the molecule is Nc1ccccc1CCCCCOC(=O)O. The first kappa shape index (κ1) is 12.4. The predicted molar refractivity (Wildman–Crippen MR) is 62.4 cm³/mol. The predicted octanol–water partition coefficient (Wildman–Crippen LogP) is 2.68. The van der Waals surface area contributed by atoms with Crippen molar-refractivity contribution in [2.75, 3.05) is 12.3 Å². The molecule has 0 spiro atoms. The molecule has 0 amide bonds. The first-order chi connectivity index (χ1) is 7.70. The van der Waals surface area contributed by atoms with Gasteiger partial charge in [-0.25, -0.2) is 4.79 Å². The smallest absolute Gasteiger partial charge is 0.450 e. The Morgan fingerprint density at radius 3 is 2.69 bits per heavy atom. The van der Waals surface area contributed by atoms with Crippen molar-refractivity contribution < 1.29 is 14.6 Å². The number of aryl methyl sites for hydroxylation is 1. The van der Waals surface area contributed by atoms with Gasteiger partial charge in [-0.05, 0) is 37.3 Å². The maximum absolute atomic E-state index is 10.1. The molecular formula is C12H17NO3. The first-order valence-corrected chi connectivity index (χ1v) is 5.39. The minimum Gasteiger partial charge on any atom is -0.450 e. The van der Waals surface area contributed by atoms with Crippen LogP contribution in [0.1, 0.15) is 24.8 Å².